The molecule has 2 rings (SSSR count). The smallest absolute Gasteiger partial charge is 0.339 e. The van der Waals surface area contributed by atoms with E-state index in [1.807, 2.05) is 0 Å². The molecule has 0 atom stereocenters. The number of ether oxygens (including phenoxy) is 1. The minimum Gasteiger partial charge on any atom is -0.465 e. The average molecular weight is 227 g/mol. The molecular weight excluding hydrogens is 216 g/mol. The van der Waals surface area contributed by atoms with Crippen molar-refractivity contribution in [3.05, 3.63) is 22.8 Å². The van der Waals surface area contributed by atoms with Gasteiger partial charge in [0.05, 0.1) is 17.7 Å². The van der Waals surface area contributed by atoms with Crippen molar-refractivity contribution in [2.24, 2.45) is 0 Å². The highest BCUT2D eigenvalue weighted by molar-refractivity contribution is 6.33. The van der Waals surface area contributed by atoms with Gasteiger partial charge in [0.1, 0.15) is 5.82 Å². The van der Waals surface area contributed by atoms with Crippen LogP contribution >= 0.6 is 11.6 Å². The molecule has 1 aromatic heterocycles. The van der Waals surface area contributed by atoms with E-state index in [2.05, 4.69) is 15.0 Å². The Morgan fingerprint density at radius 1 is 1.67 bits per heavy atom. The van der Waals surface area contributed by atoms with E-state index in [1.54, 1.807) is 6.07 Å². The lowest BCUT2D eigenvalue weighted by atomic mass is 10.2. The molecule has 80 valence electrons. The Balaban J connectivity index is 2.22. The third-order valence-corrected chi connectivity index (χ3v) is 2.49. The number of anilines is 1. The van der Waals surface area contributed by atoms with E-state index in [0.717, 1.165) is 12.8 Å². The zero-order chi connectivity index (χ0) is 10.8. The molecular formula is C10H11ClN2O2. The summed E-state index contributed by atoms with van der Waals surface area (Å²) in [4.78, 5) is 15.4. The molecule has 0 unspecified atom stereocenters. The maximum Gasteiger partial charge on any atom is 0.339 e. The van der Waals surface area contributed by atoms with E-state index in [4.69, 9.17) is 11.6 Å². The number of esters is 1. The number of carbonyl (C=O) groups is 1. The first-order valence-electron chi connectivity index (χ1n) is 4.71. The summed E-state index contributed by atoms with van der Waals surface area (Å²) in [6.07, 6.45) is 3.76. The summed E-state index contributed by atoms with van der Waals surface area (Å²) in [6.45, 7) is 0. The molecule has 0 aromatic carbocycles. The maximum atomic E-state index is 11.3. The Labute approximate surface area is 92.6 Å². The van der Waals surface area contributed by atoms with Crippen molar-refractivity contribution in [3.8, 4) is 0 Å². The van der Waals surface area contributed by atoms with E-state index in [1.165, 1.54) is 13.3 Å². The molecule has 1 N–H and O–H groups in total. The summed E-state index contributed by atoms with van der Waals surface area (Å²) in [6, 6.07) is 2.11. The zero-order valence-corrected chi connectivity index (χ0v) is 9.04. The fourth-order valence-electron chi connectivity index (χ4n) is 1.22. The average Bonchev–Trinajstić information content (AvgIpc) is 3.04. The van der Waals surface area contributed by atoms with Crippen molar-refractivity contribution in [1.29, 1.82) is 0 Å². The summed E-state index contributed by atoms with van der Waals surface area (Å²) in [5.74, 6) is 0.226. The Hall–Kier alpha value is -1.29. The number of nitrogens with zero attached hydrogens (tertiary/aromatic N) is 1. The van der Waals surface area contributed by atoms with Gasteiger partial charge in [0.15, 0.2) is 0 Å². The van der Waals surface area contributed by atoms with Crippen molar-refractivity contribution in [2.75, 3.05) is 12.4 Å². The second kappa shape index (κ2) is 4.06. The van der Waals surface area contributed by atoms with Gasteiger partial charge in [-0.15, -0.1) is 0 Å². The molecule has 1 saturated carbocycles. The molecule has 0 aliphatic heterocycles. The molecule has 0 radical (unpaired) electrons. The van der Waals surface area contributed by atoms with Crippen molar-refractivity contribution < 1.29 is 9.53 Å². The van der Waals surface area contributed by atoms with Crippen LogP contribution < -0.4 is 5.32 Å². The largest absolute Gasteiger partial charge is 0.465 e. The van der Waals surface area contributed by atoms with Crippen LogP contribution in [0.2, 0.25) is 5.02 Å². The van der Waals surface area contributed by atoms with Gasteiger partial charge in [-0.3, -0.25) is 0 Å². The molecule has 0 saturated heterocycles. The summed E-state index contributed by atoms with van der Waals surface area (Å²) in [5.41, 5.74) is 0.345. The minimum atomic E-state index is -0.443. The molecule has 1 heterocycles. The zero-order valence-electron chi connectivity index (χ0n) is 8.29. The molecule has 4 nitrogen and oxygen atoms in total. The Kier molecular flexibility index (Phi) is 2.77. The van der Waals surface area contributed by atoms with Crippen molar-refractivity contribution in [2.45, 2.75) is 18.9 Å². The van der Waals surface area contributed by atoms with Crippen LogP contribution in [0.15, 0.2) is 12.3 Å². The first-order valence-corrected chi connectivity index (χ1v) is 5.09. The van der Waals surface area contributed by atoms with Crippen LogP contribution in [0.5, 0.6) is 0 Å². The number of hydrogen-bond donors (Lipinski definition) is 1. The summed E-state index contributed by atoms with van der Waals surface area (Å²) in [7, 11) is 1.33. The van der Waals surface area contributed by atoms with Crippen molar-refractivity contribution >= 4 is 23.4 Å². The number of pyridine rings is 1. The van der Waals surface area contributed by atoms with Gasteiger partial charge in [-0.1, -0.05) is 11.6 Å². The number of halogens is 1. The molecule has 15 heavy (non-hydrogen) atoms. The van der Waals surface area contributed by atoms with E-state index in [9.17, 15) is 4.79 Å². The molecule has 0 amide bonds. The Bertz CT molecular complexity index is 391. The topological polar surface area (TPSA) is 51.2 Å². The molecule has 1 aliphatic carbocycles. The molecule has 1 aliphatic rings. The third-order valence-electron chi connectivity index (χ3n) is 2.19. The van der Waals surface area contributed by atoms with E-state index >= 15 is 0 Å². The van der Waals surface area contributed by atoms with Crippen LogP contribution in [0.4, 0.5) is 5.82 Å². The van der Waals surface area contributed by atoms with Crippen LogP contribution in [0.3, 0.4) is 0 Å². The fourth-order valence-corrected chi connectivity index (χ4v) is 1.40. The van der Waals surface area contributed by atoms with Crippen LogP contribution in [0.25, 0.3) is 0 Å². The van der Waals surface area contributed by atoms with Crippen molar-refractivity contribution in [3.63, 3.8) is 0 Å². The summed E-state index contributed by atoms with van der Waals surface area (Å²) < 4.78 is 4.61. The lowest BCUT2D eigenvalue weighted by Crippen LogP contribution is -2.07. The van der Waals surface area contributed by atoms with Crippen LogP contribution in [0.1, 0.15) is 23.2 Å². The lowest BCUT2D eigenvalue weighted by Gasteiger charge is -2.06. The molecule has 0 bridgehead atoms. The quantitative estimate of drug-likeness (QED) is 0.802. The van der Waals surface area contributed by atoms with Gasteiger partial charge in [-0.25, -0.2) is 9.78 Å². The minimum absolute atomic E-state index is 0.309. The van der Waals surface area contributed by atoms with Gasteiger partial charge in [0.2, 0.25) is 0 Å². The number of aromatic nitrogens is 1. The van der Waals surface area contributed by atoms with E-state index in [0.29, 0.717) is 22.4 Å². The van der Waals surface area contributed by atoms with E-state index < -0.39 is 5.97 Å². The highest BCUT2D eigenvalue weighted by atomic mass is 35.5. The first-order chi connectivity index (χ1) is 7.20. The van der Waals surface area contributed by atoms with Gasteiger partial charge in [0, 0.05) is 12.2 Å². The number of methoxy groups -OCH3 is 1. The van der Waals surface area contributed by atoms with Crippen LogP contribution in [-0.4, -0.2) is 24.1 Å². The number of rotatable bonds is 3. The normalized spacial score (nSPS) is 14.8. The highest BCUT2D eigenvalue weighted by Crippen LogP contribution is 2.25. The van der Waals surface area contributed by atoms with Crippen LogP contribution in [0, 0.1) is 0 Å². The summed E-state index contributed by atoms with van der Waals surface area (Å²) >= 11 is 5.83. The van der Waals surface area contributed by atoms with Gasteiger partial charge in [-0.05, 0) is 18.9 Å². The summed E-state index contributed by atoms with van der Waals surface area (Å²) in [5, 5.41) is 3.49. The van der Waals surface area contributed by atoms with Crippen molar-refractivity contribution in [1.82, 2.24) is 4.98 Å². The maximum absolute atomic E-state index is 11.3. The lowest BCUT2D eigenvalue weighted by molar-refractivity contribution is 0.0601. The second-order valence-corrected chi connectivity index (χ2v) is 3.87. The molecule has 5 heteroatoms. The monoisotopic (exact) mass is 226 g/mol. The van der Waals surface area contributed by atoms with Gasteiger partial charge in [0.25, 0.3) is 0 Å². The third kappa shape index (κ3) is 2.39. The standard InChI is InChI=1S/C10H11ClN2O2/c1-15-10(14)7-4-9(12-5-8(7)11)13-6-2-3-6/h4-6H,2-3H2,1H3,(H,12,13). The Morgan fingerprint density at radius 2 is 2.40 bits per heavy atom. The van der Waals surface area contributed by atoms with E-state index in [-0.39, 0.29) is 0 Å². The van der Waals surface area contributed by atoms with Gasteiger partial charge in [-0.2, -0.15) is 0 Å². The highest BCUT2D eigenvalue weighted by Gasteiger charge is 2.22. The first kappa shape index (κ1) is 10.2. The molecule has 1 fully saturated rings. The Morgan fingerprint density at radius 3 is 3.00 bits per heavy atom. The molecule has 0 spiro atoms. The van der Waals surface area contributed by atoms with Crippen LogP contribution in [-0.2, 0) is 4.74 Å². The number of carbonyl (C=O) groups excluding carboxylic acids is 1. The predicted octanol–water partition coefficient (Wildman–Crippen LogP) is 2.10. The van der Waals surface area contributed by atoms with Gasteiger partial charge < -0.3 is 10.1 Å². The SMILES string of the molecule is COC(=O)c1cc(NC2CC2)ncc1Cl. The molecule has 1 aromatic rings. The predicted molar refractivity (Wildman–Crippen MR) is 57.2 cm³/mol. The number of hydrogen-bond acceptors (Lipinski definition) is 4. The number of nitrogens with one attached hydrogen (secondary N) is 1. The fraction of sp³-hybridized carbons (Fsp3) is 0.400. The van der Waals surface area contributed by atoms with Gasteiger partial charge >= 0.3 is 5.97 Å². The second-order valence-electron chi connectivity index (χ2n) is 3.46.